The fourth-order valence-electron chi connectivity index (χ4n) is 2.06. The van der Waals surface area contributed by atoms with Crippen molar-refractivity contribution in [2.45, 2.75) is 4.90 Å². The molecule has 0 unspecified atom stereocenters. The minimum absolute atomic E-state index is 0.0928. The van der Waals surface area contributed by atoms with Gasteiger partial charge in [-0.1, -0.05) is 5.92 Å². The molecule has 1 aliphatic heterocycles. The minimum atomic E-state index is -3.61. The number of aromatic nitrogens is 1. The van der Waals surface area contributed by atoms with Gasteiger partial charge in [-0.2, -0.15) is 4.31 Å². The Morgan fingerprint density at radius 1 is 1.48 bits per heavy atom. The van der Waals surface area contributed by atoms with Gasteiger partial charge in [-0.05, 0) is 6.07 Å². The molecule has 0 atom stereocenters. The van der Waals surface area contributed by atoms with Crippen LogP contribution in [0.1, 0.15) is 10.5 Å². The predicted octanol–water partition coefficient (Wildman–Crippen LogP) is -0.591. The van der Waals surface area contributed by atoms with Gasteiger partial charge in [0.25, 0.3) is 5.91 Å². The van der Waals surface area contributed by atoms with Crippen molar-refractivity contribution in [1.29, 1.82) is 0 Å². The van der Waals surface area contributed by atoms with Gasteiger partial charge in [0.05, 0.1) is 19.8 Å². The van der Waals surface area contributed by atoms with Crippen molar-refractivity contribution in [3.63, 3.8) is 0 Å². The maximum absolute atomic E-state index is 12.5. The van der Waals surface area contributed by atoms with Gasteiger partial charge in [-0.15, -0.1) is 6.42 Å². The van der Waals surface area contributed by atoms with Gasteiger partial charge < -0.3 is 14.6 Å². The third-order valence-corrected chi connectivity index (χ3v) is 5.04. The smallest absolute Gasteiger partial charge is 0.268 e. The van der Waals surface area contributed by atoms with Crippen molar-refractivity contribution in [3.05, 3.63) is 18.0 Å². The minimum Gasteiger partial charge on any atom is -0.379 e. The van der Waals surface area contributed by atoms with Crippen molar-refractivity contribution in [2.75, 3.05) is 32.8 Å². The Balaban J connectivity index is 2.25. The van der Waals surface area contributed by atoms with Crippen LogP contribution in [-0.2, 0) is 21.8 Å². The summed E-state index contributed by atoms with van der Waals surface area (Å²) in [6.45, 7) is 1.48. The number of nitrogens with zero attached hydrogens (tertiary/aromatic N) is 2. The first-order chi connectivity index (χ1) is 9.96. The Labute approximate surface area is 123 Å². The standard InChI is InChI=1S/C13H17N3O4S/c1-3-4-14-13(17)12-9-11(10-15(12)2)21(18,19)16-5-7-20-8-6-16/h1,9-10H,4-8H2,2H3,(H,14,17). The number of carbonyl (C=O) groups excluding carboxylic acids is 1. The van der Waals surface area contributed by atoms with Crippen molar-refractivity contribution in [1.82, 2.24) is 14.2 Å². The molecule has 114 valence electrons. The largest absolute Gasteiger partial charge is 0.379 e. The molecule has 1 aromatic heterocycles. The zero-order valence-corrected chi connectivity index (χ0v) is 12.5. The molecule has 1 amide bonds. The highest BCUT2D eigenvalue weighted by Crippen LogP contribution is 2.19. The molecule has 0 aliphatic carbocycles. The van der Waals surface area contributed by atoms with Gasteiger partial charge in [-0.25, -0.2) is 8.42 Å². The second-order valence-electron chi connectivity index (χ2n) is 4.58. The fourth-order valence-corrected chi connectivity index (χ4v) is 3.54. The normalized spacial score (nSPS) is 16.4. The van der Waals surface area contributed by atoms with Crippen LogP contribution in [0.2, 0.25) is 0 Å². The number of sulfonamides is 1. The molecule has 0 spiro atoms. The van der Waals surface area contributed by atoms with E-state index in [-0.39, 0.29) is 17.1 Å². The van der Waals surface area contributed by atoms with Crippen LogP contribution in [0.4, 0.5) is 0 Å². The average molecular weight is 311 g/mol. The van der Waals surface area contributed by atoms with Crippen LogP contribution in [0.25, 0.3) is 0 Å². The van der Waals surface area contributed by atoms with Gasteiger partial charge in [0.1, 0.15) is 10.6 Å². The summed E-state index contributed by atoms with van der Waals surface area (Å²) < 4.78 is 32.9. The molecule has 1 saturated heterocycles. The number of carbonyl (C=O) groups is 1. The van der Waals surface area contributed by atoms with E-state index in [1.165, 1.54) is 21.1 Å². The van der Waals surface area contributed by atoms with Gasteiger partial charge >= 0.3 is 0 Å². The van der Waals surface area contributed by atoms with E-state index in [1.807, 2.05) is 0 Å². The highest BCUT2D eigenvalue weighted by atomic mass is 32.2. The number of nitrogens with one attached hydrogen (secondary N) is 1. The third kappa shape index (κ3) is 3.26. The van der Waals surface area contributed by atoms with Crippen LogP contribution < -0.4 is 5.32 Å². The molecule has 1 aromatic rings. The van der Waals surface area contributed by atoms with Gasteiger partial charge in [-0.3, -0.25) is 4.79 Å². The number of aryl methyl sites for hydroxylation is 1. The number of terminal acetylenes is 1. The Kier molecular flexibility index (Phi) is 4.67. The van der Waals surface area contributed by atoms with Gasteiger partial charge in [0, 0.05) is 26.3 Å². The lowest BCUT2D eigenvalue weighted by atomic mass is 10.4. The predicted molar refractivity (Wildman–Crippen MR) is 76.2 cm³/mol. The van der Waals surface area contributed by atoms with Crippen LogP contribution in [0.5, 0.6) is 0 Å². The van der Waals surface area contributed by atoms with Crippen molar-refractivity contribution < 1.29 is 17.9 Å². The molecule has 7 nitrogen and oxygen atoms in total. The maximum atomic E-state index is 12.5. The summed E-state index contributed by atoms with van der Waals surface area (Å²) in [6.07, 6.45) is 6.51. The second-order valence-corrected chi connectivity index (χ2v) is 6.51. The molecule has 2 heterocycles. The van der Waals surface area contributed by atoms with Crippen molar-refractivity contribution in [2.24, 2.45) is 7.05 Å². The maximum Gasteiger partial charge on any atom is 0.268 e. The van der Waals surface area contributed by atoms with Gasteiger partial charge in [0.15, 0.2) is 0 Å². The van der Waals surface area contributed by atoms with Crippen molar-refractivity contribution >= 4 is 15.9 Å². The van der Waals surface area contributed by atoms with E-state index in [9.17, 15) is 13.2 Å². The number of morpholine rings is 1. The first kappa shape index (κ1) is 15.6. The second kappa shape index (κ2) is 6.30. The van der Waals surface area contributed by atoms with Crippen LogP contribution in [0, 0.1) is 12.3 Å². The highest BCUT2D eigenvalue weighted by Gasteiger charge is 2.28. The van der Waals surface area contributed by atoms with E-state index in [0.717, 1.165) is 0 Å². The third-order valence-electron chi connectivity index (χ3n) is 3.17. The molecule has 2 rings (SSSR count). The quantitative estimate of drug-likeness (QED) is 0.754. The summed E-state index contributed by atoms with van der Waals surface area (Å²) in [5, 5.41) is 2.51. The first-order valence-corrected chi connectivity index (χ1v) is 7.86. The number of hydrogen-bond acceptors (Lipinski definition) is 4. The van der Waals surface area contributed by atoms with E-state index in [4.69, 9.17) is 11.2 Å². The van der Waals surface area contributed by atoms with Crippen LogP contribution in [0.15, 0.2) is 17.2 Å². The lowest BCUT2D eigenvalue weighted by molar-refractivity contribution is 0.0730. The summed E-state index contributed by atoms with van der Waals surface area (Å²) in [5.41, 5.74) is 0.247. The molecule has 0 aromatic carbocycles. The highest BCUT2D eigenvalue weighted by molar-refractivity contribution is 7.89. The van der Waals surface area contributed by atoms with Crippen LogP contribution in [-0.4, -0.2) is 56.0 Å². The molecule has 1 fully saturated rings. The van der Waals surface area contributed by atoms with Crippen LogP contribution in [0.3, 0.4) is 0 Å². The molecule has 21 heavy (non-hydrogen) atoms. The van der Waals surface area contributed by atoms with Crippen LogP contribution >= 0.6 is 0 Å². The number of hydrogen-bond donors (Lipinski definition) is 1. The zero-order valence-electron chi connectivity index (χ0n) is 11.7. The van der Waals surface area contributed by atoms with E-state index >= 15 is 0 Å². The molecular weight excluding hydrogens is 294 g/mol. The van der Waals surface area contributed by atoms with Crippen molar-refractivity contribution in [3.8, 4) is 12.3 Å². The molecule has 8 heteroatoms. The Bertz CT molecular complexity index is 666. The SMILES string of the molecule is C#CCNC(=O)c1cc(S(=O)(=O)N2CCOCC2)cn1C. The zero-order chi connectivity index (χ0) is 15.5. The summed E-state index contributed by atoms with van der Waals surface area (Å²) in [5.74, 6) is 1.89. The summed E-state index contributed by atoms with van der Waals surface area (Å²) in [6, 6.07) is 1.36. The Morgan fingerprint density at radius 3 is 2.76 bits per heavy atom. The summed E-state index contributed by atoms with van der Waals surface area (Å²) >= 11 is 0. The lowest BCUT2D eigenvalue weighted by Crippen LogP contribution is -2.40. The molecule has 0 radical (unpaired) electrons. The average Bonchev–Trinajstić information content (AvgIpc) is 2.88. The molecule has 0 saturated carbocycles. The van der Waals surface area contributed by atoms with E-state index < -0.39 is 15.9 Å². The Hall–Kier alpha value is -1.82. The number of ether oxygens (including phenoxy) is 1. The molecule has 0 bridgehead atoms. The monoisotopic (exact) mass is 311 g/mol. The number of rotatable bonds is 4. The van der Waals surface area contributed by atoms with E-state index in [2.05, 4.69) is 11.2 Å². The lowest BCUT2D eigenvalue weighted by Gasteiger charge is -2.25. The summed E-state index contributed by atoms with van der Waals surface area (Å²) in [7, 11) is -1.99. The molecule has 1 aliphatic rings. The van der Waals surface area contributed by atoms with E-state index in [0.29, 0.717) is 26.3 Å². The first-order valence-electron chi connectivity index (χ1n) is 6.42. The summed E-state index contributed by atoms with van der Waals surface area (Å²) in [4.78, 5) is 12.0. The molecular formula is C13H17N3O4S. The fraction of sp³-hybridized carbons (Fsp3) is 0.462. The van der Waals surface area contributed by atoms with Gasteiger partial charge in [0.2, 0.25) is 10.0 Å². The number of amides is 1. The molecule has 1 N–H and O–H groups in total. The Morgan fingerprint density at radius 2 is 2.14 bits per heavy atom. The topological polar surface area (TPSA) is 80.6 Å². The van der Waals surface area contributed by atoms with E-state index in [1.54, 1.807) is 7.05 Å².